The summed E-state index contributed by atoms with van der Waals surface area (Å²) in [5.74, 6) is 0.0838. The molecule has 0 saturated carbocycles. The van der Waals surface area contributed by atoms with E-state index in [-0.39, 0.29) is 24.4 Å². The lowest BCUT2D eigenvalue weighted by molar-refractivity contribution is -0.194. The number of nitrogen functional groups attached to an aromatic ring is 1. The van der Waals surface area contributed by atoms with Crippen molar-refractivity contribution in [3.63, 3.8) is 0 Å². The lowest BCUT2D eigenvalue weighted by Crippen LogP contribution is -2.41. The average molecular weight is 221 g/mol. The molecule has 0 aliphatic carbocycles. The van der Waals surface area contributed by atoms with Gasteiger partial charge in [0.25, 0.3) is 0 Å². The van der Waals surface area contributed by atoms with E-state index in [1.165, 1.54) is 19.9 Å². The Bertz CT molecular complexity index is 326. The summed E-state index contributed by atoms with van der Waals surface area (Å²) < 4.78 is 38.9. The van der Waals surface area contributed by atoms with E-state index < -0.39 is 11.6 Å². The van der Waals surface area contributed by atoms with Crippen molar-refractivity contribution in [2.45, 2.75) is 38.3 Å². The van der Waals surface area contributed by atoms with E-state index >= 15 is 0 Å². The van der Waals surface area contributed by atoms with Crippen LogP contribution in [0.5, 0.6) is 0 Å². The number of hydrogen-bond donors (Lipinski definition) is 2. The van der Waals surface area contributed by atoms with Crippen LogP contribution in [0.3, 0.4) is 0 Å². The van der Waals surface area contributed by atoms with Crippen LogP contribution in [0.2, 0.25) is 0 Å². The molecule has 0 radical (unpaired) electrons. The Labute approximate surface area is 85.9 Å². The van der Waals surface area contributed by atoms with Crippen molar-refractivity contribution in [1.29, 1.82) is 0 Å². The molecule has 1 rings (SSSR count). The highest BCUT2D eigenvalue weighted by Crippen LogP contribution is 2.45. The maximum absolute atomic E-state index is 13.0. The number of halogens is 3. The van der Waals surface area contributed by atoms with Crippen molar-refractivity contribution in [3.05, 3.63) is 11.8 Å². The molecule has 15 heavy (non-hydrogen) atoms. The van der Waals surface area contributed by atoms with E-state index in [4.69, 9.17) is 5.73 Å². The quantitative estimate of drug-likeness (QED) is 0.824. The summed E-state index contributed by atoms with van der Waals surface area (Å²) in [5.41, 5.74) is 3.49. The van der Waals surface area contributed by atoms with Crippen LogP contribution in [0.15, 0.2) is 6.07 Å². The number of aromatic nitrogens is 2. The largest absolute Gasteiger partial charge is 0.399 e. The van der Waals surface area contributed by atoms with Crippen LogP contribution in [0.25, 0.3) is 0 Å². The fourth-order valence-corrected chi connectivity index (χ4v) is 1.77. The van der Waals surface area contributed by atoms with Crippen LogP contribution < -0.4 is 5.73 Å². The second kappa shape index (κ2) is 3.75. The van der Waals surface area contributed by atoms with Gasteiger partial charge in [-0.15, -0.1) is 0 Å². The maximum Gasteiger partial charge on any atom is 0.399 e. The highest BCUT2D eigenvalue weighted by atomic mass is 19.4. The highest BCUT2D eigenvalue weighted by Gasteiger charge is 2.54. The number of nitrogens with two attached hydrogens (primary N) is 1. The van der Waals surface area contributed by atoms with E-state index in [1.807, 2.05) is 0 Å². The van der Waals surface area contributed by atoms with Gasteiger partial charge in [0, 0.05) is 6.07 Å². The third kappa shape index (κ3) is 1.80. The van der Waals surface area contributed by atoms with Crippen molar-refractivity contribution in [2.75, 3.05) is 5.73 Å². The first kappa shape index (κ1) is 11.9. The summed E-state index contributed by atoms with van der Waals surface area (Å²) in [5, 5.41) is 5.90. The van der Waals surface area contributed by atoms with Crippen molar-refractivity contribution in [1.82, 2.24) is 10.2 Å². The fourth-order valence-electron chi connectivity index (χ4n) is 1.77. The molecule has 0 amide bonds. The van der Waals surface area contributed by atoms with Crippen molar-refractivity contribution in [2.24, 2.45) is 0 Å². The Hall–Kier alpha value is -1.20. The molecule has 3 nitrogen and oxygen atoms in total. The van der Waals surface area contributed by atoms with E-state index in [0.29, 0.717) is 0 Å². The van der Waals surface area contributed by atoms with E-state index in [2.05, 4.69) is 10.2 Å². The molecule has 6 heteroatoms. The molecular formula is C9H14F3N3. The number of rotatable bonds is 3. The second-order valence-corrected chi connectivity index (χ2v) is 3.49. The zero-order valence-corrected chi connectivity index (χ0v) is 8.65. The van der Waals surface area contributed by atoms with Crippen LogP contribution in [-0.2, 0) is 5.41 Å². The summed E-state index contributed by atoms with van der Waals surface area (Å²) in [4.78, 5) is 0. The normalized spacial score (nSPS) is 13.1. The molecule has 0 aliphatic rings. The molecule has 1 aromatic heterocycles. The molecule has 0 atom stereocenters. The van der Waals surface area contributed by atoms with Gasteiger partial charge in [-0.05, 0) is 12.8 Å². The molecule has 0 fully saturated rings. The highest BCUT2D eigenvalue weighted by molar-refractivity contribution is 5.33. The Morgan fingerprint density at radius 3 is 2.13 bits per heavy atom. The first-order chi connectivity index (χ1) is 6.87. The van der Waals surface area contributed by atoms with Crippen LogP contribution >= 0.6 is 0 Å². The Balaban J connectivity index is 3.23. The zero-order chi connectivity index (χ0) is 11.7. The molecule has 0 aliphatic heterocycles. The number of hydrogen-bond acceptors (Lipinski definition) is 2. The molecule has 0 spiro atoms. The van der Waals surface area contributed by atoms with Crippen LogP contribution in [-0.4, -0.2) is 16.4 Å². The monoisotopic (exact) mass is 221 g/mol. The third-order valence-electron chi connectivity index (χ3n) is 2.86. The number of nitrogens with one attached hydrogen (secondary N) is 1. The molecular weight excluding hydrogens is 207 g/mol. The second-order valence-electron chi connectivity index (χ2n) is 3.49. The first-order valence-corrected chi connectivity index (χ1v) is 4.75. The summed E-state index contributed by atoms with van der Waals surface area (Å²) in [6, 6.07) is 1.25. The van der Waals surface area contributed by atoms with Gasteiger partial charge in [-0.1, -0.05) is 13.8 Å². The smallest absolute Gasteiger partial charge is 0.382 e. The maximum atomic E-state index is 13.0. The van der Waals surface area contributed by atoms with Crippen LogP contribution in [0.4, 0.5) is 19.0 Å². The van der Waals surface area contributed by atoms with Crippen LogP contribution in [0, 0.1) is 0 Å². The zero-order valence-electron chi connectivity index (χ0n) is 8.65. The summed E-state index contributed by atoms with van der Waals surface area (Å²) in [6.45, 7) is 3.02. The number of nitrogens with zero attached hydrogens (tertiary/aromatic N) is 1. The minimum Gasteiger partial charge on any atom is -0.382 e. The van der Waals surface area contributed by atoms with Crippen LogP contribution in [0.1, 0.15) is 32.4 Å². The Kier molecular flexibility index (Phi) is 2.97. The molecule has 3 N–H and O–H groups in total. The Morgan fingerprint density at radius 1 is 1.33 bits per heavy atom. The lowest BCUT2D eigenvalue weighted by Gasteiger charge is -2.32. The SMILES string of the molecule is CCC(CC)(c1cc(N)n[nH]1)C(F)(F)F. The molecule has 0 saturated heterocycles. The lowest BCUT2D eigenvalue weighted by atomic mass is 9.78. The van der Waals surface area contributed by atoms with Gasteiger partial charge in [-0.2, -0.15) is 18.3 Å². The van der Waals surface area contributed by atoms with Gasteiger partial charge in [0.05, 0.1) is 5.69 Å². The van der Waals surface area contributed by atoms with E-state index in [9.17, 15) is 13.2 Å². The van der Waals surface area contributed by atoms with E-state index in [1.54, 1.807) is 0 Å². The predicted molar refractivity (Wildman–Crippen MR) is 51.3 cm³/mol. The molecule has 1 aromatic rings. The van der Waals surface area contributed by atoms with Crippen molar-refractivity contribution >= 4 is 5.82 Å². The fraction of sp³-hybridized carbons (Fsp3) is 0.667. The number of anilines is 1. The van der Waals surface area contributed by atoms with Gasteiger partial charge in [0.15, 0.2) is 0 Å². The molecule has 0 unspecified atom stereocenters. The molecule has 0 bridgehead atoms. The van der Waals surface area contributed by atoms with Gasteiger partial charge in [0.1, 0.15) is 11.2 Å². The van der Waals surface area contributed by atoms with Gasteiger partial charge in [-0.25, -0.2) is 0 Å². The number of aromatic amines is 1. The predicted octanol–water partition coefficient (Wildman–Crippen LogP) is 2.61. The van der Waals surface area contributed by atoms with Gasteiger partial charge >= 0.3 is 6.18 Å². The minimum absolute atomic E-state index is 0.0331. The Morgan fingerprint density at radius 2 is 1.87 bits per heavy atom. The summed E-state index contributed by atoms with van der Waals surface area (Å²) in [6.07, 6.45) is -4.36. The molecule has 86 valence electrons. The number of alkyl halides is 3. The van der Waals surface area contributed by atoms with Crippen molar-refractivity contribution < 1.29 is 13.2 Å². The number of H-pyrrole nitrogens is 1. The molecule has 1 heterocycles. The van der Waals surface area contributed by atoms with E-state index in [0.717, 1.165) is 0 Å². The minimum atomic E-state index is -4.30. The first-order valence-electron chi connectivity index (χ1n) is 4.75. The topological polar surface area (TPSA) is 54.7 Å². The summed E-state index contributed by atoms with van der Waals surface area (Å²) in [7, 11) is 0. The third-order valence-corrected chi connectivity index (χ3v) is 2.86. The van der Waals surface area contributed by atoms with Crippen molar-refractivity contribution in [3.8, 4) is 0 Å². The van der Waals surface area contributed by atoms with Gasteiger partial charge in [0.2, 0.25) is 0 Å². The summed E-state index contributed by atoms with van der Waals surface area (Å²) >= 11 is 0. The molecule has 0 aromatic carbocycles. The average Bonchev–Trinajstić information content (AvgIpc) is 2.53. The van der Waals surface area contributed by atoms with Gasteiger partial charge in [-0.3, -0.25) is 5.10 Å². The standard InChI is InChI=1S/C9H14F3N3/c1-3-8(4-2,9(10,11)12)6-5-7(13)15-14-6/h5H,3-4H2,1-2H3,(H3,13,14,15). The van der Waals surface area contributed by atoms with Gasteiger partial charge < -0.3 is 5.73 Å².